The van der Waals surface area contributed by atoms with E-state index in [1.165, 1.54) is 12.1 Å². The van der Waals surface area contributed by atoms with Gasteiger partial charge in [-0.25, -0.2) is 4.39 Å². The first kappa shape index (κ1) is 19.8. The molecule has 32 heavy (non-hydrogen) atoms. The number of benzene rings is 3. The monoisotopic (exact) mass is 426 g/mol. The predicted molar refractivity (Wildman–Crippen MR) is 119 cm³/mol. The molecule has 0 amide bonds. The van der Waals surface area contributed by atoms with Gasteiger partial charge in [0.15, 0.2) is 11.9 Å². The fourth-order valence-corrected chi connectivity index (χ4v) is 3.75. The molecule has 1 unspecified atom stereocenters. The van der Waals surface area contributed by atoms with Crippen molar-refractivity contribution in [2.75, 3.05) is 11.9 Å². The molecule has 1 atom stereocenters. The first-order chi connectivity index (χ1) is 15.6. The summed E-state index contributed by atoms with van der Waals surface area (Å²) in [4.78, 5) is 19.6. The summed E-state index contributed by atoms with van der Waals surface area (Å²) >= 11 is 0. The Labute approximate surface area is 184 Å². The SMILES string of the molecule is CN(c1nnc(-c2ccc(F)cc2)o1)C1N=C(c2ccccc2)c2ccccc2CC1=O. The lowest BCUT2D eigenvalue weighted by Crippen LogP contribution is -2.38. The fraction of sp³-hybridized carbons (Fsp3) is 0.120. The van der Waals surface area contributed by atoms with Gasteiger partial charge in [0, 0.05) is 30.2 Å². The van der Waals surface area contributed by atoms with Gasteiger partial charge in [0.1, 0.15) is 5.82 Å². The molecule has 5 rings (SSSR count). The quantitative estimate of drug-likeness (QED) is 0.487. The zero-order valence-corrected chi connectivity index (χ0v) is 17.3. The van der Waals surface area contributed by atoms with Gasteiger partial charge >= 0.3 is 6.01 Å². The maximum atomic E-state index is 13.2. The molecule has 1 aliphatic rings. The molecule has 0 saturated heterocycles. The zero-order valence-electron chi connectivity index (χ0n) is 17.3. The summed E-state index contributed by atoms with van der Waals surface area (Å²) in [6, 6.07) is 23.5. The van der Waals surface area contributed by atoms with Crippen molar-refractivity contribution < 1.29 is 13.6 Å². The summed E-state index contributed by atoms with van der Waals surface area (Å²) in [6.45, 7) is 0. The summed E-state index contributed by atoms with van der Waals surface area (Å²) in [5.74, 6) is -0.187. The van der Waals surface area contributed by atoms with Crippen LogP contribution in [0.3, 0.4) is 0 Å². The van der Waals surface area contributed by atoms with Gasteiger partial charge in [-0.3, -0.25) is 14.7 Å². The number of aromatic nitrogens is 2. The standard InChI is InChI=1S/C25H19FN4O2/c1-30(25-29-28-24(32-25)17-11-13-19(26)14-12-17)23-21(31)15-18-9-5-6-10-20(18)22(27-23)16-7-3-2-4-8-16/h2-14,23H,15H2,1H3. The van der Waals surface area contributed by atoms with Crippen LogP contribution in [-0.2, 0) is 11.2 Å². The number of Topliss-reactive ketones (excluding diaryl/α,β-unsaturated/α-hetero) is 1. The molecule has 0 N–H and O–H groups in total. The van der Waals surface area contributed by atoms with E-state index in [-0.39, 0.29) is 29.9 Å². The first-order valence-corrected chi connectivity index (χ1v) is 10.2. The summed E-state index contributed by atoms with van der Waals surface area (Å²) in [6.07, 6.45) is -0.594. The number of aliphatic imine (C=N–C) groups is 1. The van der Waals surface area contributed by atoms with E-state index in [9.17, 15) is 9.18 Å². The van der Waals surface area contributed by atoms with Crippen LogP contribution in [0.1, 0.15) is 16.7 Å². The number of anilines is 1. The van der Waals surface area contributed by atoms with Crippen LogP contribution in [0.2, 0.25) is 0 Å². The highest BCUT2D eigenvalue weighted by Gasteiger charge is 2.31. The largest absolute Gasteiger partial charge is 0.403 e. The van der Waals surface area contributed by atoms with Gasteiger partial charge in [0.05, 0.1) is 5.71 Å². The van der Waals surface area contributed by atoms with Crippen LogP contribution in [0, 0.1) is 5.82 Å². The number of hydrogen-bond donors (Lipinski definition) is 0. The van der Waals surface area contributed by atoms with Gasteiger partial charge in [-0.05, 0) is 29.8 Å². The van der Waals surface area contributed by atoms with Crippen LogP contribution >= 0.6 is 0 Å². The third kappa shape index (κ3) is 3.69. The molecule has 0 radical (unpaired) electrons. The molecule has 7 heteroatoms. The lowest BCUT2D eigenvalue weighted by Gasteiger charge is -2.21. The zero-order chi connectivity index (χ0) is 22.1. The molecule has 0 saturated carbocycles. The van der Waals surface area contributed by atoms with Crippen molar-refractivity contribution in [1.29, 1.82) is 0 Å². The average molecular weight is 426 g/mol. The molecular weight excluding hydrogens is 407 g/mol. The Bertz CT molecular complexity index is 1300. The van der Waals surface area contributed by atoms with Crippen LogP contribution in [0.25, 0.3) is 11.5 Å². The van der Waals surface area contributed by atoms with E-state index >= 15 is 0 Å². The minimum atomic E-state index is -0.834. The van der Waals surface area contributed by atoms with Crippen molar-refractivity contribution >= 4 is 17.5 Å². The Kier molecular flexibility index (Phi) is 5.07. The summed E-state index contributed by atoms with van der Waals surface area (Å²) in [7, 11) is 1.70. The number of nitrogens with zero attached hydrogens (tertiary/aromatic N) is 4. The third-order valence-electron chi connectivity index (χ3n) is 5.40. The first-order valence-electron chi connectivity index (χ1n) is 10.2. The Balaban J connectivity index is 1.54. The Hall–Kier alpha value is -4.13. The number of carbonyl (C=O) groups excluding carboxylic acids is 1. The minimum Gasteiger partial charge on any atom is -0.403 e. The van der Waals surface area contributed by atoms with Gasteiger partial charge < -0.3 is 4.42 Å². The Morgan fingerprint density at radius 1 is 0.906 bits per heavy atom. The van der Waals surface area contributed by atoms with Crippen molar-refractivity contribution in [3.8, 4) is 11.5 Å². The van der Waals surface area contributed by atoms with Crippen LogP contribution in [0.15, 0.2) is 88.3 Å². The van der Waals surface area contributed by atoms with Crippen LogP contribution in [0.5, 0.6) is 0 Å². The molecule has 3 aromatic carbocycles. The smallest absolute Gasteiger partial charge is 0.320 e. The van der Waals surface area contributed by atoms with Crippen molar-refractivity contribution in [2.45, 2.75) is 12.6 Å². The van der Waals surface area contributed by atoms with Gasteiger partial charge in [-0.2, -0.15) is 0 Å². The molecule has 1 aromatic heterocycles. The molecule has 0 spiro atoms. The van der Waals surface area contributed by atoms with E-state index in [1.54, 1.807) is 24.1 Å². The second-order valence-electron chi connectivity index (χ2n) is 7.53. The van der Waals surface area contributed by atoms with Crippen LogP contribution in [-0.4, -0.2) is 34.9 Å². The number of likely N-dealkylation sites (N-methyl/N-ethyl adjacent to an activating group) is 1. The maximum absolute atomic E-state index is 13.2. The van der Waals surface area contributed by atoms with E-state index in [1.807, 2.05) is 54.6 Å². The maximum Gasteiger partial charge on any atom is 0.320 e. The number of hydrogen-bond acceptors (Lipinski definition) is 6. The number of rotatable bonds is 4. The van der Waals surface area contributed by atoms with Crippen molar-refractivity contribution in [3.63, 3.8) is 0 Å². The topological polar surface area (TPSA) is 71.6 Å². The van der Waals surface area contributed by atoms with Gasteiger partial charge in [-0.15, -0.1) is 5.10 Å². The number of halogens is 1. The molecule has 0 aliphatic carbocycles. The second kappa shape index (κ2) is 8.19. The number of carbonyl (C=O) groups is 1. The van der Waals surface area contributed by atoms with Gasteiger partial charge in [0.25, 0.3) is 0 Å². The summed E-state index contributed by atoms with van der Waals surface area (Å²) in [5, 5.41) is 8.15. The van der Waals surface area contributed by atoms with Crippen molar-refractivity contribution in [3.05, 3.63) is 101 Å². The highest BCUT2D eigenvalue weighted by atomic mass is 19.1. The lowest BCUT2D eigenvalue weighted by molar-refractivity contribution is -0.119. The Morgan fingerprint density at radius 2 is 1.62 bits per heavy atom. The van der Waals surface area contributed by atoms with E-state index in [2.05, 4.69) is 10.2 Å². The third-order valence-corrected chi connectivity index (χ3v) is 5.40. The second-order valence-corrected chi connectivity index (χ2v) is 7.53. The fourth-order valence-electron chi connectivity index (χ4n) is 3.75. The van der Waals surface area contributed by atoms with Crippen molar-refractivity contribution in [2.24, 2.45) is 4.99 Å². The molecule has 6 nitrogen and oxygen atoms in total. The number of ketones is 1. The molecule has 0 bridgehead atoms. The highest BCUT2D eigenvalue weighted by Crippen LogP contribution is 2.27. The molecule has 158 valence electrons. The minimum absolute atomic E-state index is 0.0765. The van der Waals surface area contributed by atoms with Crippen LogP contribution in [0.4, 0.5) is 10.4 Å². The molecular formula is C25H19FN4O2. The molecule has 2 heterocycles. The summed E-state index contributed by atoms with van der Waals surface area (Å²) in [5.41, 5.74) is 4.10. The molecule has 0 fully saturated rings. The van der Waals surface area contributed by atoms with E-state index in [0.717, 1.165) is 22.4 Å². The molecule has 1 aliphatic heterocycles. The van der Waals surface area contributed by atoms with Gasteiger partial charge in [0.2, 0.25) is 5.89 Å². The van der Waals surface area contributed by atoms with Gasteiger partial charge in [-0.1, -0.05) is 59.7 Å². The van der Waals surface area contributed by atoms with Crippen molar-refractivity contribution in [1.82, 2.24) is 10.2 Å². The van der Waals surface area contributed by atoms with E-state index in [0.29, 0.717) is 5.56 Å². The average Bonchev–Trinajstić information content (AvgIpc) is 3.26. The Morgan fingerprint density at radius 3 is 2.41 bits per heavy atom. The highest BCUT2D eigenvalue weighted by molar-refractivity contribution is 6.16. The number of fused-ring (bicyclic) bond motifs is 1. The van der Waals surface area contributed by atoms with Crippen LogP contribution < -0.4 is 4.90 Å². The predicted octanol–water partition coefficient (Wildman–Crippen LogP) is 4.30. The molecule has 4 aromatic rings. The normalized spacial score (nSPS) is 15.6. The summed E-state index contributed by atoms with van der Waals surface area (Å²) < 4.78 is 19.0. The van der Waals surface area contributed by atoms with E-state index in [4.69, 9.17) is 9.41 Å². The van der Waals surface area contributed by atoms with E-state index < -0.39 is 6.17 Å². The lowest BCUT2D eigenvalue weighted by atomic mass is 9.96.